The molecule has 1 aromatic carbocycles. The smallest absolute Gasteiger partial charge is 0.160 e. The standard InChI is InChI=1S/C13H19ClN2O/c14-11-5-3-6-12(15)13(11)17-10-4-9-16-7-1-2-8-16/h3,5-6H,1-2,4,7-10,15H2. The normalized spacial score (nSPS) is 16.3. The van der Waals surface area contributed by atoms with Crippen molar-refractivity contribution in [2.24, 2.45) is 0 Å². The van der Waals surface area contributed by atoms with Gasteiger partial charge in [0.2, 0.25) is 0 Å². The van der Waals surface area contributed by atoms with Crippen LogP contribution in [0.25, 0.3) is 0 Å². The van der Waals surface area contributed by atoms with Crippen molar-refractivity contribution in [3.8, 4) is 5.75 Å². The number of halogens is 1. The Bertz CT molecular complexity index is 344. The van der Waals surface area contributed by atoms with Crippen LogP contribution in [0.15, 0.2) is 18.2 Å². The van der Waals surface area contributed by atoms with Gasteiger partial charge in [0.1, 0.15) is 0 Å². The zero-order chi connectivity index (χ0) is 12.1. The van der Waals surface area contributed by atoms with Crippen molar-refractivity contribution in [2.45, 2.75) is 19.3 Å². The van der Waals surface area contributed by atoms with Crippen LogP contribution in [0.4, 0.5) is 5.69 Å². The molecule has 1 aliphatic heterocycles. The number of likely N-dealkylation sites (tertiary alicyclic amines) is 1. The van der Waals surface area contributed by atoms with Gasteiger partial charge in [-0.05, 0) is 44.5 Å². The number of rotatable bonds is 5. The largest absolute Gasteiger partial charge is 0.490 e. The second-order valence-electron chi connectivity index (χ2n) is 4.41. The summed E-state index contributed by atoms with van der Waals surface area (Å²) in [6, 6.07) is 5.43. The molecule has 1 aromatic rings. The summed E-state index contributed by atoms with van der Waals surface area (Å²) < 4.78 is 5.64. The molecule has 1 saturated heterocycles. The van der Waals surface area contributed by atoms with Crippen molar-refractivity contribution in [2.75, 3.05) is 32.0 Å². The van der Waals surface area contributed by atoms with Crippen molar-refractivity contribution >= 4 is 17.3 Å². The van der Waals surface area contributed by atoms with Gasteiger partial charge in [-0.15, -0.1) is 0 Å². The van der Waals surface area contributed by atoms with E-state index in [0.717, 1.165) is 13.0 Å². The summed E-state index contributed by atoms with van der Waals surface area (Å²) in [5, 5.41) is 0.589. The summed E-state index contributed by atoms with van der Waals surface area (Å²) in [5.74, 6) is 0.621. The quantitative estimate of drug-likeness (QED) is 0.649. The van der Waals surface area contributed by atoms with E-state index >= 15 is 0 Å². The van der Waals surface area contributed by atoms with Gasteiger partial charge in [0.05, 0.1) is 17.3 Å². The first-order valence-electron chi connectivity index (χ1n) is 6.16. The maximum Gasteiger partial charge on any atom is 0.160 e. The number of para-hydroxylation sites is 1. The second-order valence-corrected chi connectivity index (χ2v) is 4.82. The average Bonchev–Trinajstić information content (AvgIpc) is 2.80. The van der Waals surface area contributed by atoms with E-state index in [-0.39, 0.29) is 0 Å². The molecule has 1 heterocycles. The lowest BCUT2D eigenvalue weighted by Crippen LogP contribution is -2.22. The number of anilines is 1. The summed E-state index contributed by atoms with van der Waals surface area (Å²) in [4.78, 5) is 2.47. The van der Waals surface area contributed by atoms with Crippen LogP contribution in [0.1, 0.15) is 19.3 Å². The highest BCUT2D eigenvalue weighted by Crippen LogP contribution is 2.30. The molecule has 94 valence electrons. The van der Waals surface area contributed by atoms with Gasteiger partial charge >= 0.3 is 0 Å². The Kier molecular flexibility index (Phi) is 4.51. The molecule has 0 saturated carbocycles. The molecule has 0 aromatic heterocycles. The van der Waals surface area contributed by atoms with Crippen molar-refractivity contribution in [1.29, 1.82) is 0 Å². The number of hydrogen-bond acceptors (Lipinski definition) is 3. The number of benzene rings is 1. The summed E-state index contributed by atoms with van der Waals surface area (Å²) in [6.45, 7) is 4.23. The molecule has 0 atom stereocenters. The highest BCUT2D eigenvalue weighted by Gasteiger charge is 2.11. The monoisotopic (exact) mass is 254 g/mol. The predicted octanol–water partition coefficient (Wildman–Crippen LogP) is 2.79. The van der Waals surface area contributed by atoms with Crippen LogP contribution >= 0.6 is 11.6 Å². The first-order valence-corrected chi connectivity index (χ1v) is 6.54. The zero-order valence-electron chi connectivity index (χ0n) is 9.99. The van der Waals surface area contributed by atoms with Gasteiger partial charge in [-0.3, -0.25) is 0 Å². The summed E-state index contributed by atoms with van der Waals surface area (Å²) in [7, 11) is 0. The molecule has 17 heavy (non-hydrogen) atoms. The number of ether oxygens (including phenoxy) is 1. The van der Waals surface area contributed by atoms with E-state index in [2.05, 4.69) is 4.90 Å². The molecule has 3 nitrogen and oxygen atoms in total. The van der Waals surface area contributed by atoms with Crippen molar-refractivity contribution < 1.29 is 4.74 Å². The van der Waals surface area contributed by atoms with Gasteiger partial charge in [0, 0.05) is 6.54 Å². The minimum atomic E-state index is 0.589. The van der Waals surface area contributed by atoms with Gasteiger partial charge in [-0.2, -0.15) is 0 Å². The Morgan fingerprint density at radius 3 is 2.76 bits per heavy atom. The molecule has 0 aliphatic carbocycles. The minimum absolute atomic E-state index is 0.589. The number of nitrogens with two attached hydrogens (primary N) is 1. The third-order valence-corrected chi connectivity index (χ3v) is 3.36. The number of nitrogens with zero attached hydrogens (tertiary/aromatic N) is 1. The van der Waals surface area contributed by atoms with Crippen molar-refractivity contribution in [3.63, 3.8) is 0 Å². The lowest BCUT2D eigenvalue weighted by molar-refractivity contribution is 0.264. The first-order chi connectivity index (χ1) is 8.27. The summed E-state index contributed by atoms with van der Waals surface area (Å²) in [5.41, 5.74) is 6.42. The van der Waals surface area contributed by atoms with Gasteiger partial charge in [-0.1, -0.05) is 17.7 Å². The maximum absolute atomic E-state index is 6.02. The molecular formula is C13H19ClN2O. The molecular weight excluding hydrogens is 236 g/mol. The zero-order valence-corrected chi connectivity index (χ0v) is 10.7. The Labute approximate surface area is 107 Å². The Balaban J connectivity index is 1.74. The fraction of sp³-hybridized carbons (Fsp3) is 0.538. The molecule has 2 N–H and O–H groups in total. The maximum atomic E-state index is 6.02. The van der Waals surface area contributed by atoms with Crippen LogP contribution in [0.5, 0.6) is 5.75 Å². The van der Waals surface area contributed by atoms with Gasteiger partial charge in [0.15, 0.2) is 5.75 Å². The summed E-state index contributed by atoms with van der Waals surface area (Å²) in [6.07, 6.45) is 3.68. The molecule has 0 radical (unpaired) electrons. The molecule has 0 unspecified atom stereocenters. The molecule has 2 rings (SSSR count). The van der Waals surface area contributed by atoms with Gasteiger partial charge < -0.3 is 15.4 Å². The number of nitrogen functional groups attached to an aromatic ring is 1. The molecule has 1 aliphatic rings. The average molecular weight is 255 g/mol. The molecule has 0 spiro atoms. The van der Waals surface area contributed by atoms with Crippen molar-refractivity contribution in [3.05, 3.63) is 23.2 Å². The van der Waals surface area contributed by atoms with E-state index in [1.54, 1.807) is 6.07 Å². The molecule has 4 heteroatoms. The lowest BCUT2D eigenvalue weighted by atomic mass is 10.3. The SMILES string of the molecule is Nc1cccc(Cl)c1OCCCN1CCCC1. The lowest BCUT2D eigenvalue weighted by Gasteiger charge is -2.15. The van der Waals surface area contributed by atoms with Crippen LogP contribution in [-0.4, -0.2) is 31.1 Å². The predicted molar refractivity (Wildman–Crippen MR) is 71.7 cm³/mol. The summed E-state index contributed by atoms with van der Waals surface area (Å²) >= 11 is 6.02. The van der Waals surface area contributed by atoms with Gasteiger partial charge in [0.25, 0.3) is 0 Å². The van der Waals surface area contributed by atoms with Crippen LogP contribution in [0.3, 0.4) is 0 Å². The highest BCUT2D eigenvalue weighted by atomic mass is 35.5. The van der Waals surface area contributed by atoms with Crippen LogP contribution in [-0.2, 0) is 0 Å². The van der Waals surface area contributed by atoms with E-state index in [9.17, 15) is 0 Å². The van der Waals surface area contributed by atoms with Crippen LogP contribution < -0.4 is 10.5 Å². The molecule has 0 amide bonds. The van der Waals surface area contributed by atoms with Gasteiger partial charge in [-0.25, -0.2) is 0 Å². The fourth-order valence-corrected chi connectivity index (χ4v) is 2.38. The first kappa shape index (κ1) is 12.5. The third-order valence-electron chi connectivity index (χ3n) is 3.06. The van der Waals surface area contributed by atoms with Crippen LogP contribution in [0, 0.1) is 0 Å². The van der Waals surface area contributed by atoms with Crippen LogP contribution in [0.2, 0.25) is 5.02 Å². The topological polar surface area (TPSA) is 38.5 Å². The third kappa shape index (κ3) is 3.51. The fourth-order valence-electron chi connectivity index (χ4n) is 2.15. The van der Waals surface area contributed by atoms with Crippen molar-refractivity contribution in [1.82, 2.24) is 4.90 Å². The second kappa shape index (κ2) is 6.12. The Morgan fingerprint density at radius 1 is 1.29 bits per heavy atom. The Morgan fingerprint density at radius 2 is 2.06 bits per heavy atom. The highest BCUT2D eigenvalue weighted by molar-refractivity contribution is 6.32. The van der Waals surface area contributed by atoms with E-state index in [1.165, 1.54) is 25.9 Å². The van der Waals surface area contributed by atoms with E-state index in [0.29, 0.717) is 23.1 Å². The van der Waals surface area contributed by atoms with E-state index in [4.69, 9.17) is 22.1 Å². The van der Waals surface area contributed by atoms with E-state index < -0.39 is 0 Å². The van der Waals surface area contributed by atoms with E-state index in [1.807, 2.05) is 12.1 Å². The molecule has 0 bridgehead atoms. The Hall–Kier alpha value is -0.930. The number of hydrogen-bond donors (Lipinski definition) is 1. The molecule has 1 fully saturated rings. The minimum Gasteiger partial charge on any atom is -0.490 e.